The van der Waals surface area contributed by atoms with Crippen LogP contribution in [-0.4, -0.2) is 64.8 Å². The zero-order valence-corrected chi connectivity index (χ0v) is 11.7. The van der Waals surface area contributed by atoms with Gasteiger partial charge in [0.05, 0.1) is 24.3 Å². The van der Waals surface area contributed by atoms with Gasteiger partial charge in [0.15, 0.2) is 0 Å². The SMILES string of the molecule is CN(CC(=O)O)C(=O)N1CC(C)(C)OC(C)(C)C1. The Bertz CT molecular complexity index is 336. The number of carbonyl (C=O) groups excluding carboxylic acids is 1. The second kappa shape index (κ2) is 4.76. The van der Waals surface area contributed by atoms with Crippen molar-refractivity contribution in [3.05, 3.63) is 0 Å². The maximum atomic E-state index is 12.1. The van der Waals surface area contributed by atoms with Gasteiger partial charge in [-0.3, -0.25) is 4.79 Å². The molecule has 1 aliphatic heterocycles. The van der Waals surface area contributed by atoms with Crippen LogP contribution in [0.15, 0.2) is 0 Å². The molecule has 1 rings (SSSR count). The number of urea groups is 1. The predicted molar refractivity (Wildman–Crippen MR) is 66.5 cm³/mol. The van der Waals surface area contributed by atoms with Gasteiger partial charge in [-0.25, -0.2) is 4.79 Å². The highest BCUT2D eigenvalue weighted by Crippen LogP contribution is 2.28. The molecule has 18 heavy (non-hydrogen) atoms. The minimum atomic E-state index is -1.02. The molecule has 0 aromatic rings. The number of aliphatic carboxylic acids is 1. The lowest BCUT2D eigenvalue weighted by molar-refractivity contribution is -0.171. The van der Waals surface area contributed by atoms with Gasteiger partial charge in [-0.2, -0.15) is 0 Å². The van der Waals surface area contributed by atoms with E-state index in [-0.39, 0.29) is 12.6 Å². The minimum absolute atomic E-state index is 0.276. The number of likely N-dealkylation sites (N-methyl/N-ethyl adjacent to an activating group) is 1. The van der Waals surface area contributed by atoms with Crippen LogP contribution in [0.1, 0.15) is 27.7 Å². The smallest absolute Gasteiger partial charge is 0.323 e. The zero-order valence-electron chi connectivity index (χ0n) is 11.7. The van der Waals surface area contributed by atoms with Crippen LogP contribution >= 0.6 is 0 Å². The second-order valence-electron chi connectivity index (χ2n) is 6.01. The first-order valence-electron chi connectivity index (χ1n) is 5.94. The van der Waals surface area contributed by atoms with Gasteiger partial charge in [-0.15, -0.1) is 0 Å². The molecule has 0 aromatic heterocycles. The highest BCUT2D eigenvalue weighted by molar-refractivity contribution is 5.80. The molecule has 1 N–H and O–H groups in total. The summed E-state index contributed by atoms with van der Waals surface area (Å²) in [5, 5.41) is 8.70. The van der Waals surface area contributed by atoms with Crippen molar-refractivity contribution in [1.82, 2.24) is 9.80 Å². The van der Waals surface area contributed by atoms with E-state index in [0.29, 0.717) is 13.1 Å². The van der Waals surface area contributed by atoms with Gasteiger partial charge in [0, 0.05) is 7.05 Å². The lowest BCUT2D eigenvalue weighted by Crippen LogP contribution is -2.60. The summed E-state index contributed by atoms with van der Waals surface area (Å²) >= 11 is 0. The quantitative estimate of drug-likeness (QED) is 0.802. The Balaban J connectivity index is 2.76. The second-order valence-corrected chi connectivity index (χ2v) is 6.01. The van der Waals surface area contributed by atoms with E-state index < -0.39 is 17.2 Å². The largest absolute Gasteiger partial charge is 0.480 e. The van der Waals surface area contributed by atoms with E-state index in [9.17, 15) is 9.59 Å². The van der Waals surface area contributed by atoms with Crippen LogP contribution in [0.3, 0.4) is 0 Å². The first-order chi connectivity index (χ1) is 8.02. The molecule has 1 aliphatic rings. The lowest BCUT2D eigenvalue weighted by atomic mass is 9.99. The van der Waals surface area contributed by atoms with Gasteiger partial charge in [-0.05, 0) is 27.7 Å². The summed E-state index contributed by atoms with van der Waals surface area (Å²) in [6.07, 6.45) is 0. The lowest BCUT2D eigenvalue weighted by Gasteiger charge is -2.47. The topological polar surface area (TPSA) is 70.1 Å². The Kier molecular flexibility index (Phi) is 3.90. The van der Waals surface area contributed by atoms with Crippen molar-refractivity contribution in [3.63, 3.8) is 0 Å². The normalized spacial score (nSPS) is 21.5. The summed E-state index contributed by atoms with van der Waals surface area (Å²) in [7, 11) is 1.49. The summed E-state index contributed by atoms with van der Waals surface area (Å²) in [6.45, 7) is 8.31. The van der Waals surface area contributed by atoms with Crippen molar-refractivity contribution in [2.45, 2.75) is 38.9 Å². The van der Waals surface area contributed by atoms with Crippen LogP contribution in [0.5, 0.6) is 0 Å². The van der Waals surface area contributed by atoms with E-state index in [2.05, 4.69) is 0 Å². The Morgan fingerprint density at radius 2 is 1.67 bits per heavy atom. The molecule has 0 spiro atoms. The average molecular weight is 258 g/mol. The van der Waals surface area contributed by atoms with Gasteiger partial charge in [0.1, 0.15) is 6.54 Å². The number of hydrogen-bond donors (Lipinski definition) is 1. The highest BCUT2D eigenvalue weighted by Gasteiger charge is 2.40. The number of carboxylic acid groups (broad SMARTS) is 1. The van der Waals surface area contributed by atoms with E-state index >= 15 is 0 Å². The van der Waals surface area contributed by atoms with Crippen LogP contribution in [0.4, 0.5) is 4.79 Å². The van der Waals surface area contributed by atoms with Gasteiger partial charge in [0.25, 0.3) is 0 Å². The Hall–Kier alpha value is -1.30. The van der Waals surface area contributed by atoms with Crippen molar-refractivity contribution in [3.8, 4) is 0 Å². The van der Waals surface area contributed by atoms with Crippen molar-refractivity contribution in [2.24, 2.45) is 0 Å². The molecule has 6 nitrogen and oxygen atoms in total. The van der Waals surface area contributed by atoms with Crippen LogP contribution in [0.2, 0.25) is 0 Å². The number of nitrogens with zero attached hydrogens (tertiary/aromatic N) is 2. The molecule has 104 valence electrons. The predicted octanol–water partition coefficient (Wildman–Crippen LogP) is 1.01. The zero-order chi connectivity index (χ0) is 14.1. The molecule has 0 bridgehead atoms. The number of carboxylic acids is 1. The summed E-state index contributed by atoms with van der Waals surface area (Å²) in [6, 6.07) is -0.276. The fourth-order valence-electron chi connectivity index (χ4n) is 2.43. The Labute approximate surface area is 107 Å². The molecule has 1 fully saturated rings. The third-order valence-corrected chi connectivity index (χ3v) is 2.67. The number of carbonyl (C=O) groups is 2. The summed E-state index contributed by atoms with van der Waals surface area (Å²) < 4.78 is 5.87. The summed E-state index contributed by atoms with van der Waals surface area (Å²) in [5.74, 6) is -1.02. The first kappa shape index (κ1) is 14.8. The molecule has 6 heteroatoms. The van der Waals surface area contributed by atoms with E-state index in [1.54, 1.807) is 4.90 Å². The average Bonchev–Trinajstić information content (AvgIpc) is 2.10. The standard InChI is InChI=1S/C12H22N2O4/c1-11(2)7-14(8-12(3,4)18-11)10(17)13(5)6-9(15)16/h6-8H2,1-5H3,(H,15,16). The van der Waals surface area contributed by atoms with Crippen LogP contribution in [0, 0.1) is 0 Å². The van der Waals surface area contributed by atoms with E-state index in [4.69, 9.17) is 9.84 Å². The maximum Gasteiger partial charge on any atom is 0.323 e. The number of ether oxygens (including phenoxy) is 1. The molecule has 0 aromatic carbocycles. The van der Waals surface area contributed by atoms with Crippen LogP contribution in [-0.2, 0) is 9.53 Å². The molecular formula is C12H22N2O4. The summed E-state index contributed by atoms with van der Waals surface area (Å²) in [4.78, 5) is 25.6. The highest BCUT2D eigenvalue weighted by atomic mass is 16.5. The monoisotopic (exact) mass is 258 g/mol. The molecule has 0 unspecified atom stereocenters. The fourth-order valence-corrected chi connectivity index (χ4v) is 2.43. The third-order valence-electron chi connectivity index (χ3n) is 2.67. The fraction of sp³-hybridized carbons (Fsp3) is 0.833. The van der Waals surface area contributed by atoms with Crippen molar-refractivity contribution >= 4 is 12.0 Å². The van der Waals surface area contributed by atoms with Gasteiger partial charge in [0.2, 0.25) is 0 Å². The van der Waals surface area contributed by atoms with Crippen molar-refractivity contribution in [2.75, 3.05) is 26.7 Å². The number of hydrogen-bond acceptors (Lipinski definition) is 3. The van der Waals surface area contributed by atoms with E-state index in [0.717, 1.165) is 0 Å². The van der Waals surface area contributed by atoms with E-state index in [1.807, 2.05) is 27.7 Å². The van der Waals surface area contributed by atoms with Crippen LogP contribution in [0.25, 0.3) is 0 Å². The third kappa shape index (κ3) is 3.87. The Morgan fingerprint density at radius 3 is 2.06 bits per heavy atom. The molecule has 1 saturated heterocycles. The molecule has 0 aliphatic carbocycles. The molecule has 1 heterocycles. The number of rotatable bonds is 2. The van der Waals surface area contributed by atoms with Gasteiger partial charge >= 0.3 is 12.0 Å². The van der Waals surface area contributed by atoms with E-state index in [1.165, 1.54) is 11.9 Å². The number of morpholine rings is 1. The van der Waals surface area contributed by atoms with Crippen LogP contribution < -0.4 is 0 Å². The van der Waals surface area contributed by atoms with Crippen molar-refractivity contribution in [1.29, 1.82) is 0 Å². The summed E-state index contributed by atoms with van der Waals surface area (Å²) in [5.41, 5.74) is -0.858. The van der Waals surface area contributed by atoms with Crippen molar-refractivity contribution < 1.29 is 19.4 Å². The molecule has 2 amide bonds. The Morgan fingerprint density at radius 1 is 1.22 bits per heavy atom. The minimum Gasteiger partial charge on any atom is -0.480 e. The van der Waals surface area contributed by atoms with Gasteiger partial charge in [-0.1, -0.05) is 0 Å². The molecule has 0 saturated carbocycles. The van der Waals surface area contributed by atoms with Gasteiger partial charge < -0.3 is 19.6 Å². The first-order valence-corrected chi connectivity index (χ1v) is 5.94. The molecular weight excluding hydrogens is 236 g/mol. The number of amides is 2. The molecule has 0 radical (unpaired) electrons. The maximum absolute atomic E-state index is 12.1. The molecule has 0 atom stereocenters.